The molecule has 3 nitrogen and oxygen atoms in total. The van der Waals surface area contributed by atoms with Crippen LogP contribution in [0.5, 0.6) is 0 Å². The summed E-state index contributed by atoms with van der Waals surface area (Å²) in [5, 5.41) is 7.81. The van der Waals surface area contributed by atoms with E-state index >= 15 is 0 Å². The van der Waals surface area contributed by atoms with Crippen molar-refractivity contribution in [2.24, 2.45) is 5.92 Å². The fourth-order valence-corrected chi connectivity index (χ4v) is 2.57. The maximum Gasteiger partial charge on any atom is 0.0948 e. The van der Waals surface area contributed by atoms with E-state index in [2.05, 4.69) is 45.5 Å². The van der Waals surface area contributed by atoms with Gasteiger partial charge in [-0.1, -0.05) is 13.8 Å². The summed E-state index contributed by atoms with van der Waals surface area (Å²) < 4.78 is 2.24. The van der Waals surface area contributed by atoms with Crippen LogP contribution >= 0.6 is 11.3 Å². The quantitative estimate of drug-likeness (QED) is 0.832. The lowest BCUT2D eigenvalue weighted by atomic mass is 10.2. The standard InChI is InChI=1S/C14H21N3S/c1-12(2)7-15-8-14-9-16-11-17(14)5-3-13-4-6-18-10-13/h4,6,9-12,15H,3,5,7-8H2,1-2H3. The van der Waals surface area contributed by atoms with Crippen LogP contribution in [0.15, 0.2) is 29.4 Å². The molecule has 4 heteroatoms. The number of rotatable bonds is 7. The Bertz CT molecular complexity index is 445. The number of hydrogen-bond acceptors (Lipinski definition) is 3. The Morgan fingerprint density at radius 1 is 1.44 bits per heavy atom. The Kier molecular flexibility index (Phi) is 4.96. The third-order valence-electron chi connectivity index (χ3n) is 2.88. The largest absolute Gasteiger partial charge is 0.333 e. The molecule has 2 rings (SSSR count). The van der Waals surface area contributed by atoms with E-state index in [0.717, 1.165) is 26.1 Å². The van der Waals surface area contributed by atoms with E-state index in [0.29, 0.717) is 5.92 Å². The molecule has 0 fully saturated rings. The zero-order chi connectivity index (χ0) is 12.8. The molecule has 2 aromatic rings. The first kappa shape index (κ1) is 13.3. The van der Waals surface area contributed by atoms with Crippen molar-refractivity contribution < 1.29 is 0 Å². The van der Waals surface area contributed by atoms with E-state index in [9.17, 15) is 0 Å². The zero-order valence-corrected chi connectivity index (χ0v) is 11.9. The van der Waals surface area contributed by atoms with E-state index in [1.165, 1.54) is 11.3 Å². The summed E-state index contributed by atoms with van der Waals surface area (Å²) in [6.45, 7) is 7.41. The van der Waals surface area contributed by atoms with Gasteiger partial charge < -0.3 is 9.88 Å². The summed E-state index contributed by atoms with van der Waals surface area (Å²) in [6, 6.07) is 2.19. The van der Waals surface area contributed by atoms with Crippen LogP contribution in [-0.4, -0.2) is 16.1 Å². The van der Waals surface area contributed by atoms with Crippen molar-refractivity contribution in [1.82, 2.24) is 14.9 Å². The average molecular weight is 263 g/mol. The monoisotopic (exact) mass is 263 g/mol. The maximum absolute atomic E-state index is 4.25. The van der Waals surface area contributed by atoms with Gasteiger partial charge in [-0.05, 0) is 41.3 Å². The minimum atomic E-state index is 0.687. The minimum Gasteiger partial charge on any atom is -0.333 e. The van der Waals surface area contributed by atoms with Crippen molar-refractivity contribution in [3.8, 4) is 0 Å². The van der Waals surface area contributed by atoms with Crippen LogP contribution < -0.4 is 5.32 Å². The molecule has 0 radical (unpaired) electrons. The van der Waals surface area contributed by atoms with E-state index in [1.54, 1.807) is 11.3 Å². The number of aryl methyl sites for hydroxylation is 2. The molecule has 0 aromatic carbocycles. The molecule has 0 atom stereocenters. The Balaban J connectivity index is 1.83. The third kappa shape index (κ3) is 3.96. The van der Waals surface area contributed by atoms with Gasteiger partial charge in [0, 0.05) is 19.3 Å². The summed E-state index contributed by atoms with van der Waals surface area (Å²) in [5.74, 6) is 0.687. The molecule has 0 amide bonds. The van der Waals surface area contributed by atoms with E-state index in [-0.39, 0.29) is 0 Å². The van der Waals surface area contributed by atoms with Crippen LogP contribution in [0.25, 0.3) is 0 Å². The van der Waals surface area contributed by atoms with E-state index in [1.807, 2.05) is 12.5 Å². The molecule has 0 aliphatic heterocycles. The molecular weight excluding hydrogens is 242 g/mol. The second-order valence-corrected chi connectivity index (χ2v) is 5.76. The minimum absolute atomic E-state index is 0.687. The van der Waals surface area contributed by atoms with E-state index in [4.69, 9.17) is 0 Å². The van der Waals surface area contributed by atoms with Crippen LogP contribution in [0, 0.1) is 5.92 Å². The number of aromatic nitrogens is 2. The van der Waals surface area contributed by atoms with Crippen molar-refractivity contribution in [1.29, 1.82) is 0 Å². The highest BCUT2D eigenvalue weighted by atomic mass is 32.1. The predicted molar refractivity (Wildman–Crippen MR) is 76.8 cm³/mol. The molecule has 0 unspecified atom stereocenters. The Labute approximate surface area is 113 Å². The lowest BCUT2D eigenvalue weighted by Gasteiger charge is -2.10. The molecule has 98 valence electrons. The molecule has 0 spiro atoms. The second-order valence-electron chi connectivity index (χ2n) is 4.98. The number of hydrogen-bond donors (Lipinski definition) is 1. The summed E-state index contributed by atoms with van der Waals surface area (Å²) in [5.41, 5.74) is 2.68. The van der Waals surface area contributed by atoms with Crippen molar-refractivity contribution in [2.75, 3.05) is 6.54 Å². The smallest absolute Gasteiger partial charge is 0.0948 e. The molecular formula is C14H21N3S. The fraction of sp³-hybridized carbons (Fsp3) is 0.500. The van der Waals surface area contributed by atoms with Gasteiger partial charge in [-0.3, -0.25) is 0 Å². The number of nitrogens with one attached hydrogen (secondary N) is 1. The van der Waals surface area contributed by atoms with Crippen molar-refractivity contribution in [3.63, 3.8) is 0 Å². The molecule has 18 heavy (non-hydrogen) atoms. The van der Waals surface area contributed by atoms with Gasteiger partial charge in [0.2, 0.25) is 0 Å². The van der Waals surface area contributed by atoms with Crippen molar-refractivity contribution in [2.45, 2.75) is 33.4 Å². The van der Waals surface area contributed by atoms with Gasteiger partial charge in [-0.25, -0.2) is 4.98 Å². The molecule has 0 saturated heterocycles. The molecule has 0 bridgehead atoms. The number of thiophene rings is 1. The lowest BCUT2D eigenvalue weighted by molar-refractivity contribution is 0.534. The first-order valence-electron chi connectivity index (χ1n) is 6.46. The Morgan fingerprint density at radius 3 is 3.06 bits per heavy atom. The maximum atomic E-state index is 4.25. The van der Waals surface area contributed by atoms with Gasteiger partial charge in [-0.15, -0.1) is 0 Å². The molecule has 2 aromatic heterocycles. The van der Waals surface area contributed by atoms with Gasteiger partial charge in [0.1, 0.15) is 0 Å². The van der Waals surface area contributed by atoms with Gasteiger partial charge in [0.05, 0.1) is 12.0 Å². The normalized spacial score (nSPS) is 11.3. The van der Waals surface area contributed by atoms with Gasteiger partial charge in [0.25, 0.3) is 0 Å². The lowest BCUT2D eigenvalue weighted by Crippen LogP contribution is -2.21. The number of nitrogens with zero attached hydrogens (tertiary/aromatic N) is 2. The summed E-state index contributed by atoms with van der Waals surface area (Å²) >= 11 is 1.76. The second kappa shape index (κ2) is 6.71. The highest BCUT2D eigenvalue weighted by molar-refractivity contribution is 7.07. The van der Waals surface area contributed by atoms with Crippen LogP contribution in [0.4, 0.5) is 0 Å². The molecule has 1 N–H and O–H groups in total. The third-order valence-corrected chi connectivity index (χ3v) is 3.61. The topological polar surface area (TPSA) is 29.9 Å². The van der Waals surface area contributed by atoms with Gasteiger partial charge >= 0.3 is 0 Å². The first-order valence-corrected chi connectivity index (χ1v) is 7.41. The zero-order valence-electron chi connectivity index (χ0n) is 11.1. The summed E-state index contributed by atoms with van der Waals surface area (Å²) in [4.78, 5) is 4.25. The van der Waals surface area contributed by atoms with Crippen LogP contribution in [0.1, 0.15) is 25.1 Å². The van der Waals surface area contributed by atoms with Crippen LogP contribution in [0.2, 0.25) is 0 Å². The van der Waals surface area contributed by atoms with Gasteiger partial charge in [0.15, 0.2) is 0 Å². The van der Waals surface area contributed by atoms with Gasteiger partial charge in [-0.2, -0.15) is 11.3 Å². The SMILES string of the molecule is CC(C)CNCc1cncn1CCc1ccsc1. The van der Waals surface area contributed by atoms with Crippen molar-refractivity contribution in [3.05, 3.63) is 40.6 Å². The molecule has 0 aliphatic carbocycles. The van der Waals surface area contributed by atoms with Crippen LogP contribution in [0.3, 0.4) is 0 Å². The van der Waals surface area contributed by atoms with E-state index < -0.39 is 0 Å². The fourth-order valence-electron chi connectivity index (χ4n) is 1.87. The Morgan fingerprint density at radius 2 is 2.33 bits per heavy atom. The highest BCUT2D eigenvalue weighted by Crippen LogP contribution is 2.09. The molecule has 0 aliphatic rings. The molecule has 2 heterocycles. The summed E-state index contributed by atoms with van der Waals surface area (Å²) in [6.07, 6.45) is 4.97. The first-order chi connectivity index (χ1) is 8.75. The van der Waals surface area contributed by atoms with Crippen molar-refractivity contribution >= 4 is 11.3 Å². The average Bonchev–Trinajstić information content (AvgIpc) is 2.96. The highest BCUT2D eigenvalue weighted by Gasteiger charge is 2.03. The predicted octanol–water partition coefficient (Wildman–Crippen LogP) is 2.93. The number of imidazole rings is 1. The van der Waals surface area contributed by atoms with Crippen LogP contribution in [-0.2, 0) is 19.5 Å². The molecule has 0 saturated carbocycles. The summed E-state index contributed by atoms with van der Waals surface area (Å²) in [7, 11) is 0. The Hall–Kier alpha value is -1.13.